The van der Waals surface area contributed by atoms with Crippen LogP contribution in [0.15, 0.2) is 0 Å². The van der Waals surface area contributed by atoms with Gasteiger partial charge < -0.3 is 4.74 Å². The molecule has 0 spiro atoms. The molecule has 1 fully saturated rings. The number of nitrogens with zero attached hydrogens (tertiary/aromatic N) is 1. The third-order valence-electron chi connectivity index (χ3n) is 2.14. The lowest BCUT2D eigenvalue weighted by atomic mass is 10.2. The number of likely N-dealkylation sites (tertiary alicyclic amines) is 1. The van der Waals surface area contributed by atoms with Gasteiger partial charge in [0.1, 0.15) is 17.8 Å². The van der Waals surface area contributed by atoms with E-state index in [1.165, 1.54) is 0 Å². The van der Waals surface area contributed by atoms with Crippen LogP contribution < -0.4 is 0 Å². The normalized spacial score (nSPS) is 25.7. The highest BCUT2D eigenvalue weighted by atomic mass is 19.1. The Balaban J connectivity index is 2.71. The first-order valence-corrected chi connectivity index (χ1v) is 5.04. The Morgan fingerprint density at radius 3 is 2.38 bits per heavy atom. The summed E-state index contributed by atoms with van der Waals surface area (Å²) in [5.41, 5.74) is -0.755. The summed E-state index contributed by atoms with van der Waals surface area (Å²) in [5, 5.41) is 0. The van der Waals surface area contributed by atoms with Gasteiger partial charge in [0.2, 0.25) is 0 Å². The van der Waals surface area contributed by atoms with Crippen molar-refractivity contribution in [2.75, 3.05) is 6.54 Å². The molecule has 0 saturated carbocycles. The van der Waals surface area contributed by atoms with Gasteiger partial charge in [-0.1, -0.05) is 0 Å². The summed E-state index contributed by atoms with van der Waals surface area (Å²) in [7, 11) is 0. The van der Waals surface area contributed by atoms with Crippen molar-refractivity contribution in [3.63, 3.8) is 0 Å². The molecule has 0 unspecified atom stereocenters. The molecule has 6 heteroatoms. The van der Waals surface area contributed by atoms with Crippen molar-refractivity contribution < 1.29 is 23.1 Å². The van der Waals surface area contributed by atoms with Crippen molar-refractivity contribution in [3.05, 3.63) is 0 Å². The first-order chi connectivity index (χ1) is 7.20. The van der Waals surface area contributed by atoms with Gasteiger partial charge in [0.05, 0.1) is 6.54 Å². The van der Waals surface area contributed by atoms with Gasteiger partial charge in [-0.2, -0.15) is 4.39 Å². The summed E-state index contributed by atoms with van der Waals surface area (Å²) in [5.74, 6) is 0. The van der Waals surface area contributed by atoms with E-state index in [4.69, 9.17) is 4.74 Å². The van der Waals surface area contributed by atoms with Crippen LogP contribution in [0.3, 0.4) is 0 Å². The van der Waals surface area contributed by atoms with Crippen molar-refractivity contribution in [2.45, 2.75) is 45.0 Å². The topological polar surface area (TPSA) is 46.6 Å². The number of rotatable bonds is 1. The molecule has 2 atom stereocenters. The highest BCUT2D eigenvalue weighted by molar-refractivity contribution is 5.81. The highest BCUT2D eigenvalue weighted by Gasteiger charge is 2.41. The van der Waals surface area contributed by atoms with Crippen LogP contribution in [0, 0.1) is 0 Å². The Morgan fingerprint density at radius 2 is 1.94 bits per heavy atom. The molecule has 1 heterocycles. The molecule has 92 valence electrons. The van der Waals surface area contributed by atoms with Crippen LogP contribution in [0.5, 0.6) is 0 Å². The zero-order valence-corrected chi connectivity index (χ0v) is 9.50. The fraction of sp³-hybridized carbons (Fsp3) is 0.800. The molecule has 0 aliphatic carbocycles. The maximum atomic E-state index is 13.0. The van der Waals surface area contributed by atoms with Gasteiger partial charge in [-0.25, -0.2) is 9.18 Å². The van der Waals surface area contributed by atoms with Crippen LogP contribution in [0.2, 0.25) is 0 Å². The highest BCUT2D eigenvalue weighted by Crippen LogP contribution is 2.23. The Kier molecular flexibility index (Phi) is 3.50. The van der Waals surface area contributed by atoms with Crippen molar-refractivity contribution in [1.82, 2.24) is 4.90 Å². The van der Waals surface area contributed by atoms with Gasteiger partial charge in [-0.05, 0) is 20.8 Å². The molecule has 1 rings (SSSR count). The first kappa shape index (κ1) is 12.9. The zero-order valence-electron chi connectivity index (χ0n) is 9.50. The molecule has 1 amide bonds. The maximum absolute atomic E-state index is 13.0. The second-order valence-corrected chi connectivity index (χ2v) is 4.79. The molecule has 1 saturated heterocycles. The molecular formula is C10H15F2NO3. The predicted molar refractivity (Wildman–Crippen MR) is 52.4 cm³/mol. The average Bonchev–Trinajstić information content (AvgIpc) is 2.44. The standard InChI is InChI=1S/C10H15F2NO3/c1-10(2,3)16-9(15)13-5-6(11)4-7(13)8(12)14/h6-7H,4-5H2,1-3H3/t6-,7+/m1/s1. The van der Waals surface area contributed by atoms with Crippen LogP contribution >= 0.6 is 0 Å². The van der Waals surface area contributed by atoms with Gasteiger partial charge in [0, 0.05) is 6.42 Å². The summed E-state index contributed by atoms with van der Waals surface area (Å²) in [6.07, 6.45) is -2.53. The van der Waals surface area contributed by atoms with E-state index in [1.54, 1.807) is 20.8 Å². The van der Waals surface area contributed by atoms with Crippen LogP contribution in [0.1, 0.15) is 27.2 Å². The summed E-state index contributed by atoms with van der Waals surface area (Å²) < 4.78 is 30.5. The molecule has 0 radical (unpaired) electrons. The summed E-state index contributed by atoms with van der Waals surface area (Å²) in [4.78, 5) is 22.9. The van der Waals surface area contributed by atoms with Crippen molar-refractivity contribution in [2.24, 2.45) is 0 Å². The molecule has 0 aromatic rings. The molecule has 4 nitrogen and oxygen atoms in total. The molecule has 0 bridgehead atoms. The van der Waals surface area contributed by atoms with Crippen molar-refractivity contribution in [3.8, 4) is 0 Å². The number of halogens is 2. The molecule has 0 N–H and O–H groups in total. The number of carbonyl (C=O) groups excluding carboxylic acids is 2. The summed E-state index contributed by atoms with van der Waals surface area (Å²) >= 11 is 0. The number of alkyl halides is 1. The average molecular weight is 235 g/mol. The number of amides is 1. The zero-order chi connectivity index (χ0) is 12.5. The second kappa shape index (κ2) is 4.35. The fourth-order valence-electron chi connectivity index (χ4n) is 1.52. The summed E-state index contributed by atoms with van der Waals surface area (Å²) in [6, 6.07) is -3.05. The van der Waals surface area contributed by atoms with Crippen LogP contribution in [0.25, 0.3) is 0 Å². The quantitative estimate of drug-likeness (QED) is 0.651. The van der Waals surface area contributed by atoms with Crippen LogP contribution in [-0.2, 0) is 9.53 Å². The number of ether oxygens (including phenoxy) is 1. The first-order valence-electron chi connectivity index (χ1n) is 5.04. The van der Waals surface area contributed by atoms with E-state index in [0.29, 0.717) is 0 Å². The molecule has 16 heavy (non-hydrogen) atoms. The Labute approximate surface area is 92.5 Å². The van der Waals surface area contributed by atoms with E-state index in [9.17, 15) is 18.4 Å². The van der Waals surface area contributed by atoms with E-state index in [0.717, 1.165) is 4.90 Å². The van der Waals surface area contributed by atoms with Crippen LogP contribution in [-0.4, -0.2) is 41.4 Å². The van der Waals surface area contributed by atoms with Crippen molar-refractivity contribution in [1.29, 1.82) is 0 Å². The maximum Gasteiger partial charge on any atom is 0.411 e. The van der Waals surface area contributed by atoms with Gasteiger partial charge in [-0.3, -0.25) is 9.69 Å². The van der Waals surface area contributed by atoms with E-state index < -0.39 is 29.9 Å². The number of hydrogen-bond acceptors (Lipinski definition) is 3. The number of hydrogen-bond donors (Lipinski definition) is 0. The lowest BCUT2D eigenvalue weighted by Gasteiger charge is -2.26. The Hall–Kier alpha value is -1.20. The van der Waals surface area contributed by atoms with E-state index in [2.05, 4.69) is 0 Å². The number of carbonyl (C=O) groups is 2. The minimum Gasteiger partial charge on any atom is -0.444 e. The van der Waals surface area contributed by atoms with Gasteiger partial charge in [0.15, 0.2) is 0 Å². The van der Waals surface area contributed by atoms with E-state index in [-0.39, 0.29) is 13.0 Å². The monoisotopic (exact) mass is 235 g/mol. The van der Waals surface area contributed by atoms with Gasteiger partial charge in [0.25, 0.3) is 0 Å². The van der Waals surface area contributed by atoms with Gasteiger partial charge in [-0.15, -0.1) is 0 Å². The minimum absolute atomic E-state index is 0.296. The second-order valence-electron chi connectivity index (χ2n) is 4.79. The summed E-state index contributed by atoms with van der Waals surface area (Å²) in [6.45, 7) is 4.62. The third kappa shape index (κ3) is 3.15. The predicted octanol–water partition coefficient (Wildman–Crippen LogP) is 1.83. The fourth-order valence-corrected chi connectivity index (χ4v) is 1.52. The molecule has 1 aliphatic heterocycles. The SMILES string of the molecule is CC(C)(C)OC(=O)N1C[C@H](F)C[C@H]1C(=O)F. The van der Waals surface area contributed by atoms with Gasteiger partial charge >= 0.3 is 12.1 Å². The molecular weight excluding hydrogens is 220 g/mol. The lowest BCUT2D eigenvalue weighted by molar-refractivity contribution is -0.134. The Bertz CT molecular complexity index is 301. The minimum atomic E-state index is -1.70. The van der Waals surface area contributed by atoms with E-state index in [1.807, 2.05) is 0 Å². The van der Waals surface area contributed by atoms with Crippen LogP contribution in [0.4, 0.5) is 13.6 Å². The smallest absolute Gasteiger partial charge is 0.411 e. The molecule has 1 aliphatic rings. The molecule has 0 aromatic heterocycles. The largest absolute Gasteiger partial charge is 0.444 e. The molecule has 0 aromatic carbocycles. The lowest BCUT2D eigenvalue weighted by Crippen LogP contribution is -2.42. The van der Waals surface area contributed by atoms with Crippen molar-refractivity contribution >= 4 is 12.1 Å². The van der Waals surface area contributed by atoms with E-state index >= 15 is 0 Å². The third-order valence-corrected chi connectivity index (χ3v) is 2.14. The Morgan fingerprint density at radius 1 is 1.38 bits per heavy atom.